The van der Waals surface area contributed by atoms with Crippen LogP contribution in [0.1, 0.15) is 18.4 Å². The average molecular weight is 269 g/mol. The lowest BCUT2D eigenvalue weighted by Gasteiger charge is -2.17. The molecule has 0 aliphatic carbocycles. The number of hydrogen-bond acceptors (Lipinski definition) is 3. The zero-order valence-electron chi connectivity index (χ0n) is 11.1. The molecule has 2 rings (SSSR count). The van der Waals surface area contributed by atoms with Crippen molar-refractivity contribution in [3.8, 4) is 5.75 Å². The Morgan fingerprint density at radius 2 is 2.06 bits per heavy atom. The van der Waals surface area contributed by atoms with Crippen LogP contribution in [0.4, 0.5) is 5.69 Å². The minimum Gasteiger partial charge on any atom is -0.495 e. The summed E-state index contributed by atoms with van der Waals surface area (Å²) in [5.41, 5.74) is 2.10. The Morgan fingerprint density at radius 1 is 1.33 bits per heavy atom. The Kier molecular flexibility index (Phi) is 4.72. The number of nitrogens with zero attached hydrogens (tertiary/aromatic N) is 1. The van der Waals surface area contributed by atoms with E-state index in [9.17, 15) is 0 Å². The number of ether oxygens (including phenoxy) is 1. The van der Waals surface area contributed by atoms with E-state index in [0.717, 1.165) is 35.1 Å². The largest absolute Gasteiger partial charge is 0.495 e. The molecule has 0 spiro atoms. The van der Waals surface area contributed by atoms with Crippen molar-refractivity contribution < 1.29 is 4.74 Å². The van der Waals surface area contributed by atoms with Gasteiger partial charge in [-0.05, 0) is 44.5 Å². The predicted molar refractivity (Wildman–Crippen MR) is 76.9 cm³/mol. The summed E-state index contributed by atoms with van der Waals surface area (Å²) in [7, 11) is 1.67. The fraction of sp³-hybridized carbons (Fsp3) is 0.571. The minimum absolute atomic E-state index is 0.747. The van der Waals surface area contributed by atoms with Crippen LogP contribution < -0.4 is 10.1 Å². The van der Waals surface area contributed by atoms with E-state index in [0.29, 0.717) is 0 Å². The van der Waals surface area contributed by atoms with Crippen LogP contribution in [-0.2, 0) is 0 Å². The third kappa shape index (κ3) is 3.30. The molecule has 0 atom stereocenters. The van der Waals surface area contributed by atoms with Crippen molar-refractivity contribution in [1.29, 1.82) is 0 Å². The van der Waals surface area contributed by atoms with E-state index in [2.05, 4.69) is 10.2 Å². The molecule has 0 aromatic heterocycles. The molecule has 1 aliphatic rings. The van der Waals surface area contributed by atoms with Crippen molar-refractivity contribution in [2.75, 3.05) is 38.6 Å². The van der Waals surface area contributed by atoms with Gasteiger partial charge in [-0.15, -0.1) is 0 Å². The van der Waals surface area contributed by atoms with Crippen LogP contribution in [0.2, 0.25) is 5.02 Å². The molecule has 4 heteroatoms. The number of benzene rings is 1. The van der Waals surface area contributed by atoms with Crippen LogP contribution in [-0.4, -0.2) is 38.2 Å². The maximum atomic E-state index is 6.09. The molecule has 1 fully saturated rings. The summed E-state index contributed by atoms with van der Waals surface area (Å²) in [4.78, 5) is 2.49. The molecular weight excluding hydrogens is 248 g/mol. The molecule has 0 radical (unpaired) electrons. The van der Waals surface area contributed by atoms with Gasteiger partial charge < -0.3 is 15.0 Å². The van der Waals surface area contributed by atoms with E-state index in [1.54, 1.807) is 7.11 Å². The summed E-state index contributed by atoms with van der Waals surface area (Å²) in [5.74, 6) is 0.812. The first kappa shape index (κ1) is 13.5. The first-order chi connectivity index (χ1) is 8.70. The van der Waals surface area contributed by atoms with Crippen molar-refractivity contribution in [3.63, 3.8) is 0 Å². The van der Waals surface area contributed by atoms with Crippen molar-refractivity contribution in [3.05, 3.63) is 22.7 Å². The summed E-state index contributed by atoms with van der Waals surface area (Å²) in [5, 5.41) is 4.18. The molecule has 1 aromatic rings. The van der Waals surface area contributed by atoms with E-state index < -0.39 is 0 Å². The van der Waals surface area contributed by atoms with Gasteiger partial charge in [0.15, 0.2) is 0 Å². The van der Waals surface area contributed by atoms with Crippen molar-refractivity contribution in [1.82, 2.24) is 4.90 Å². The van der Waals surface area contributed by atoms with Crippen LogP contribution in [0.3, 0.4) is 0 Å². The molecule has 1 aliphatic heterocycles. The van der Waals surface area contributed by atoms with Crippen LogP contribution in [0, 0.1) is 6.92 Å². The molecule has 1 N–H and O–H groups in total. The third-order valence-electron chi connectivity index (χ3n) is 3.42. The molecule has 1 aromatic carbocycles. The van der Waals surface area contributed by atoms with Gasteiger partial charge in [0.2, 0.25) is 0 Å². The molecule has 1 saturated heterocycles. The lowest BCUT2D eigenvalue weighted by molar-refractivity contribution is 0.352. The zero-order chi connectivity index (χ0) is 13.0. The molecule has 3 nitrogen and oxygen atoms in total. The first-order valence-corrected chi connectivity index (χ1v) is 6.89. The lowest BCUT2D eigenvalue weighted by atomic mass is 10.2. The number of aryl methyl sites for hydroxylation is 1. The Morgan fingerprint density at radius 3 is 2.72 bits per heavy atom. The van der Waals surface area contributed by atoms with E-state index in [1.807, 2.05) is 19.1 Å². The van der Waals surface area contributed by atoms with Crippen LogP contribution >= 0.6 is 11.6 Å². The van der Waals surface area contributed by atoms with E-state index in [-0.39, 0.29) is 0 Å². The Bertz CT molecular complexity index is 403. The average Bonchev–Trinajstić information content (AvgIpc) is 2.86. The normalized spacial score (nSPS) is 15.9. The van der Waals surface area contributed by atoms with Crippen LogP contribution in [0.25, 0.3) is 0 Å². The lowest BCUT2D eigenvalue weighted by Crippen LogP contribution is -2.26. The highest BCUT2D eigenvalue weighted by atomic mass is 35.5. The SMILES string of the molecule is COc1cc(Cl)c(C)cc1NCCN1CCCC1. The maximum absolute atomic E-state index is 6.09. The summed E-state index contributed by atoms with van der Waals surface area (Å²) in [6.45, 7) is 6.51. The number of nitrogens with one attached hydrogen (secondary N) is 1. The Labute approximate surface area is 114 Å². The van der Waals surface area contributed by atoms with Crippen molar-refractivity contribution >= 4 is 17.3 Å². The Hall–Kier alpha value is -0.930. The zero-order valence-corrected chi connectivity index (χ0v) is 11.9. The Balaban J connectivity index is 1.93. The third-order valence-corrected chi connectivity index (χ3v) is 3.83. The molecule has 1 heterocycles. The highest BCUT2D eigenvalue weighted by molar-refractivity contribution is 6.31. The smallest absolute Gasteiger partial charge is 0.143 e. The number of anilines is 1. The molecule has 0 unspecified atom stereocenters. The fourth-order valence-electron chi connectivity index (χ4n) is 2.33. The van der Waals surface area contributed by atoms with Gasteiger partial charge in [0.1, 0.15) is 5.75 Å². The van der Waals surface area contributed by atoms with Gasteiger partial charge in [-0.3, -0.25) is 0 Å². The number of likely N-dealkylation sites (tertiary alicyclic amines) is 1. The monoisotopic (exact) mass is 268 g/mol. The summed E-state index contributed by atoms with van der Waals surface area (Å²) in [6, 6.07) is 3.92. The van der Waals surface area contributed by atoms with Crippen molar-refractivity contribution in [2.45, 2.75) is 19.8 Å². The van der Waals surface area contributed by atoms with Crippen molar-refractivity contribution in [2.24, 2.45) is 0 Å². The topological polar surface area (TPSA) is 24.5 Å². The predicted octanol–water partition coefficient (Wildman–Crippen LogP) is 3.16. The van der Waals surface area contributed by atoms with E-state index in [4.69, 9.17) is 16.3 Å². The van der Waals surface area contributed by atoms with Crippen LogP contribution in [0.15, 0.2) is 12.1 Å². The maximum Gasteiger partial charge on any atom is 0.143 e. The number of hydrogen-bond donors (Lipinski definition) is 1. The minimum atomic E-state index is 0.747. The van der Waals surface area contributed by atoms with Crippen LogP contribution in [0.5, 0.6) is 5.75 Å². The molecule has 0 bridgehead atoms. The second kappa shape index (κ2) is 6.30. The summed E-state index contributed by atoms with van der Waals surface area (Å²) >= 11 is 6.09. The second-order valence-corrected chi connectivity index (χ2v) is 5.18. The summed E-state index contributed by atoms with van der Waals surface area (Å²) < 4.78 is 5.34. The fourth-order valence-corrected chi connectivity index (χ4v) is 2.48. The summed E-state index contributed by atoms with van der Waals surface area (Å²) in [6.07, 6.45) is 2.67. The number of rotatable bonds is 5. The standard InChI is InChI=1S/C14H21ClN2O/c1-11-9-13(14(18-2)10-12(11)15)16-5-8-17-6-3-4-7-17/h9-10,16H,3-8H2,1-2H3. The molecule has 100 valence electrons. The molecular formula is C14H21ClN2O. The first-order valence-electron chi connectivity index (χ1n) is 6.51. The second-order valence-electron chi connectivity index (χ2n) is 4.78. The molecule has 0 saturated carbocycles. The van der Waals surface area contributed by atoms with Gasteiger partial charge in [0.05, 0.1) is 12.8 Å². The highest BCUT2D eigenvalue weighted by Crippen LogP contribution is 2.30. The molecule has 18 heavy (non-hydrogen) atoms. The number of halogens is 1. The van der Waals surface area contributed by atoms with Gasteiger partial charge in [-0.1, -0.05) is 11.6 Å². The quantitative estimate of drug-likeness (QED) is 0.888. The molecule has 0 amide bonds. The number of methoxy groups -OCH3 is 1. The van der Waals surface area contributed by atoms with E-state index >= 15 is 0 Å². The van der Waals surface area contributed by atoms with Gasteiger partial charge in [0, 0.05) is 24.2 Å². The van der Waals surface area contributed by atoms with Gasteiger partial charge >= 0.3 is 0 Å². The van der Waals surface area contributed by atoms with Gasteiger partial charge in [-0.25, -0.2) is 0 Å². The van der Waals surface area contributed by atoms with Gasteiger partial charge in [0.25, 0.3) is 0 Å². The van der Waals surface area contributed by atoms with Gasteiger partial charge in [-0.2, -0.15) is 0 Å². The highest BCUT2D eigenvalue weighted by Gasteiger charge is 2.11. The van der Waals surface area contributed by atoms with E-state index in [1.165, 1.54) is 25.9 Å².